The summed E-state index contributed by atoms with van der Waals surface area (Å²) in [5, 5.41) is 10.8. The summed E-state index contributed by atoms with van der Waals surface area (Å²) in [5.41, 5.74) is 0.616. The molecule has 2 rings (SSSR count). The van der Waals surface area contributed by atoms with Crippen LogP contribution in [0.25, 0.3) is 0 Å². The number of aliphatic hydroxyl groups is 1. The average molecular weight is 314 g/mol. The van der Waals surface area contributed by atoms with E-state index in [0.29, 0.717) is 6.61 Å². The molecule has 4 nitrogen and oxygen atoms in total. The molecule has 1 heterocycles. The van der Waals surface area contributed by atoms with Gasteiger partial charge in [0.05, 0.1) is 0 Å². The number of rotatable bonds is 8. The molecule has 0 aliphatic heterocycles. The zero-order chi connectivity index (χ0) is 16.7. The first kappa shape index (κ1) is 17.4. The summed E-state index contributed by atoms with van der Waals surface area (Å²) in [6.45, 7) is 9.75. The standard InChI is InChI=1S/C19H26N2O2/c1-4-21(5-2)14-15-23-18-8-6-16(7-9-18)19(3,22)17-10-12-20-13-11-17/h6-13,22H,4-5,14-15H2,1-3H3/t19-/m0/s1. The van der Waals surface area contributed by atoms with Crippen LogP contribution in [-0.4, -0.2) is 41.2 Å². The van der Waals surface area contributed by atoms with Crippen molar-refractivity contribution in [3.05, 3.63) is 59.9 Å². The quantitative estimate of drug-likeness (QED) is 0.813. The van der Waals surface area contributed by atoms with Gasteiger partial charge in [-0.2, -0.15) is 0 Å². The molecular weight excluding hydrogens is 288 g/mol. The van der Waals surface area contributed by atoms with Gasteiger partial charge in [0.15, 0.2) is 0 Å². The Morgan fingerprint density at radius 2 is 1.57 bits per heavy atom. The molecule has 0 saturated carbocycles. The lowest BCUT2D eigenvalue weighted by molar-refractivity contribution is 0.102. The maximum Gasteiger partial charge on any atom is 0.119 e. The van der Waals surface area contributed by atoms with Crippen LogP contribution in [0, 0.1) is 0 Å². The van der Waals surface area contributed by atoms with Crippen LogP contribution in [0.1, 0.15) is 31.9 Å². The smallest absolute Gasteiger partial charge is 0.119 e. The van der Waals surface area contributed by atoms with E-state index in [1.165, 1.54) is 0 Å². The molecule has 1 aromatic carbocycles. The fourth-order valence-corrected chi connectivity index (χ4v) is 2.55. The fourth-order valence-electron chi connectivity index (χ4n) is 2.55. The Labute approximate surface area is 138 Å². The molecule has 124 valence electrons. The Bertz CT molecular complexity index is 578. The van der Waals surface area contributed by atoms with Crippen molar-refractivity contribution in [1.29, 1.82) is 0 Å². The number of aromatic nitrogens is 1. The van der Waals surface area contributed by atoms with Gasteiger partial charge in [0.1, 0.15) is 18.0 Å². The van der Waals surface area contributed by atoms with E-state index in [9.17, 15) is 5.11 Å². The van der Waals surface area contributed by atoms with E-state index in [4.69, 9.17) is 4.74 Å². The third-order valence-corrected chi connectivity index (χ3v) is 4.23. The number of pyridine rings is 1. The van der Waals surface area contributed by atoms with E-state index >= 15 is 0 Å². The lowest BCUT2D eigenvalue weighted by Crippen LogP contribution is -2.27. The molecule has 0 radical (unpaired) electrons. The molecule has 0 unspecified atom stereocenters. The molecule has 23 heavy (non-hydrogen) atoms. The Morgan fingerprint density at radius 1 is 1.00 bits per heavy atom. The Balaban J connectivity index is 1.99. The van der Waals surface area contributed by atoms with E-state index in [0.717, 1.165) is 36.5 Å². The summed E-state index contributed by atoms with van der Waals surface area (Å²) in [4.78, 5) is 6.32. The van der Waals surface area contributed by atoms with Gasteiger partial charge in [-0.05, 0) is 55.4 Å². The molecule has 0 saturated heterocycles. The normalized spacial score (nSPS) is 13.8. The molecule has 4 heteroatoms. The lowest BCUT2D eigenvalue weighted by Gasteiger charge is -2.24. The molecule has 1 atom stereocenters. The molecule has 1 N–H and O–H groups in total. The SMILES string of the molecule is CCN(CC)CCOc1ccc([C@](C)(O)c2ccncc2)cc1. The number of ether oxygens (including phenoxy) is 1. The summed E-state index contributed by atoms with van der Waals surface area (Å²) in [5.74, 6) is 0.825. The summed E-state index contributed by atoms with van der Waals surface area (Å²) in [6.07, 6.45) is 3.38. The maximum atomic E-state index is 10.8. The van der Waals surface area contributed by atoms with E-state index in [2.05, 4.69) is 23.7 Å². The predicted molar refractivity (Wildman–Crippen MR) is 92.6 cm³/mol. The van der Waals surface area contributed by atoms with Crippen molar-refractivity contribution in [2.75, 3.05) is 26.2 Å². The van der Waals surface area contributed by atoms with Gasteiger partial charge in [0.25, 0.3) is 0 Å². The van der Waals surface area contributed by atoms with Crippen LogP contribution in [0.2, 0.25) is 0 Å². The van der Waals surface area contributed by atoms with Gasteiger partial charge in [-0.25, -0.2) is 0 Å². The molecule has 1 aromatic heterocycles. The molecule has 0 spiro atoms. The second-order valence-electron chi connectivity index (χ2n) is 5.71. The topological polar surface area (TPSA) is 45.6 Å². The van der Waals surface area contributed by atoms with E-state index in [-0.39, 0.29) is 0 Å². The maximum absolute atomic E-state index is 10.8. The Morgan fingerprint density at radius 3 is 2.13 bits per heavy atom. The largest absolute Gasteiger partial charge is 0.492 e. The van der Waals surface area contributed by atoms with Gasteiger partial charge in [-0.1, -0.05) is 26.0 Å². The minimum absolute atomic E-state index is 0.668. The van der Waals surface area contributed by atoms with Crippen molar-refractivity contribution in [2.45, 2.75) is 26.4 Å². The van der Waals surface area contributed by atoms with Gasteiger partial charge in [-0.15, -0.1) is 0 Å². The van der Waals surface area contributed by atoms with E-state index in [1.54, 1.807) is 19.3 Å². The number of hydrogen-bond acceptors (Lipinski definition) is 4. The summed E-state index contributed by atoms with van der Waals surface area (Å²) >= 11 is 0. The predicted octanol–water partition coefficient (Wildman–Crippen LogP) is 3.06. The van der Waals surface area contributed by atoms with E-state index in [1.807, 2.05) is 36.4 Å². The van der Waals surface area contributed by atoms with Crippen LogP contribution in [-0.2, 0) is 5.60 Å². The number of benzene rings is 1. The third-order valence-electron chi connectivity index (χ3n) is 4.23. The first-order valence-electron chi connectivity index (χ1n) is 8.16. The van der Waals surface area contributed by atoms with Gasteiger partial charge in [-0.3, -0.25) is 4.98 Å². The van der Waals surface area contributed by atoms with Crippen LogP contribution >= 0.6 is 0 Å². The summed E-state index contributed by atoms with van der Waals surface area (Å²) in [6, 6.07) is 11.3. The van der Waals surface area contributed by atoms with Crippen molar-refractivity contribution < 1.29 is 9.84 Å². The Hall–Kier alpha value is -1.91. The lowest BCUT2D eigenvalue weighted by atomic mass is 9.89. The zero-order valence-corrected chi connectivity index (χ0v) is 14.2. The van der Waals surface area contributed by atoms with Crippen LogP contribution in [0.5, 0.6) is 5.75 Å². The fraction of sp³-hybridized carbons (Fsp3) is 0.421. The second-order valence-corrected chi connectivity index (χ2v) is 5.71. The molecule has 0 fully saturated rings. The van der Waals surface area contributed by atoms with Crippen LogP contribution in [0.4, 0.5) is 0 Å². The van der Waals surface area contributed by atoms with E-state index < -0.39 is 5.60 Å². The molecule has 2 aromatic rings. The third kappa shape index (κ3) is 4.53. The molecule has 0 bridgehead atoms. The second kappa shape index (κ2) is 8.09. The Kier molecular flexibility index (Phi) is 6.13. The van der Waals surface area contributed by atoms with Gasteiger partial charge in [0, 0.05) is 18.9 Å². The molecule has 0 amide bonds. The minimum Gasteiger partial charge on any atom is -0.492 e. The molecule has 0 aliphatic carbocycles. The first-order valence-corrected chi connectivity index (χ1v) is 8.16. The van der Waals surface area contributed by atoms with Crippen molar-refractivity contribution in [2.24, 2.45) is 0 Å². The average Bonchev–Trinajstić information content (AvgIpc) is 2.60. The van der Waals surface area contributed by atoms with Crippen LogP contribution in [0.15, 0.2) is 48.8 Å². The van der Waals surface area contributed by atoms with Crippen LogP contribution in [0.3, 0.4) is 0 Å². The zero-order valence-electron chi connectivity index (χ0n) is 14.2. The number of nitrogens with zero attached hydrogens (tertiary/aromatic N) is 2. The highest BCUT2D eigenvalue weighted by atomic mass is 16.5. The number of hydrogen-bond donors (Lipinski definition) is 1. The van der Waals surface area contributed by atoms with Crippen molar-refractivity contribution in [3.63, 3.8) is 0 Å². The van der Waals surface area contributed by atoms with Crippen molar-refractivity contribution in [1.82, 2.24) is 9.88 Å². The highest BCUT2D eigenvalue weighted by Crippen LogP contribution is 2.29. The summed E-state index contributed by atoms with van der Waals surface area (Å²) < 4.78 is 5.78. The van der Waals surface area contributed by atoms with Gasteiger partial charge in [0.2, 0.25) is 0 Å². The molecular formula is C19H26N2O2. The summed E-state index contributed by atoms with van der Waals surface area (Å²) in [7, 11) is 0. The van der Waals surface area contributed by atoms with Crippen LogP contribution < -0.4 is 4.74 Å². The van der Waals surface area contributed by atoms with Crippen molar-refractivity contribution >= 4 is 0 Å². The highest BCUT2D eigenvalue weighted by molar-refractivity contribution is 5.37. The minimum atomic E-state index is -1.04. The van der Waals surface area contributed by atoms with Gasteiger partial charge >= 0.3 is 0 Å². The number of likely N-dealkylation sites (N-methyl/N-ethyl adjacent to an activating group) is 1. The highest BCUT2D eigenvalue weighted by Gasteiger charge is 2.25. The first-order chi connectivity index (χ1) is 11.1. The monoisotopic (exact) mass is 314 g/mol. The van der Waals surface area contributed by atoms with Gasteiger partial charge < -0.3 is 14.7 Å². The molecule has 0 aliphatic rings. The van der Waals surface area contributed by atoms with Crippen molar-refractivity contribution in [3.8, 4) is 5.75 Å².